The fraction of sp³-hybridized carbons (Fsp3) is 0.273. The second kappa shape index (κ2) is 11.5. The topological polar surface area (TPSA) is 177 Å². The lowest BCUT2D eigenvalue weighted by molar-refractivity contribution is 0.266. The standard InChI is InChI=1S/C22H24N8O4S6/c1-35-21(27-19-25-15-5-3-13(39(23,31)32)11-17(15)37-19)29-7-9-30(10-8-29)22(36-2)28-20-26-16-6-4-14(40(24,33)34)12-18(16)38-20/h3-6,11-12H,7-10H2,1-2H3,(H2,23,31,32)(H2,24,33,34). The van der Waals surface area contributed by atoms with Gasteiger partial charge in [0.15, 0.2) is 10.3 Å². The van der Waals surface area contributed by atoms with Gasteiger partial charge in [-0.2, -0.15) is 9.98 Å². The van der Waals surface area contributed by atoms with Gasteiger partial charge in [0.25, 0.3) is 0 Å². The van der Waals surface area contributed by atoms with E-state index in [1.165, 1.54) is 70.5 Å². The maximum Gasteiger partial charge on any atom is 0.238 e. The Bertz CT molecular complexity index is 1720. The molecule has 0 amide bonds. The Morgan fingerprint density at radius 3 is 1.45 bits per heavy atom. The number of hydrogen-bond donors (Lipinski definition) is 2. The predicted octanol–water partition coefficient (Wildman–Crippen LogP) is 3.22. The van der Waals surface area contributed by atoms with Crippen LogP contribution in [-0.4, -0.2) is 85.6 Å². The van der Waals surface area contributed by atoms with E-state index in [1.54, 1.807) is 12.1 Å². The number of aromatic nitrogens is 2. The van der Waals surface area contributed by atoms with Gasteiger partial charge < -0.3 is 9.80 Å². The molecule has 1 aliphatic heterocycles. The highest BCUT2D eigenvalue weighted by molar-refractivity contribution is 8.13. The number of amidine groups is 2. The maximum atomic E-state index is 11.7. The van der Waals surface area contributed by atoms with Gasteiger partial charge in [-0.25, -0.2) is 37.1 Å². The molecule has 2 aromatic heterocycles. The fourth-order valence-corrected chi connectivity index (χ4v) is 8.31. The van der Waals surface area contributed by atoms with Crippen molar-refractivity contribution in [3.8, 4) is 0 Å². The number of fused-ring (bicyclic) bond motifs is 2. The molecule has 0 spiro atoms. The smallest absolute Gasteiger partial charge is 0.238 e. The summed E-state index contributed by atoms with van der Waals surface area (Å²) in [6.07, 6.45) is 3.92. The van der Waals surface area contributed by atoms with Crippen LogP contribution in [0.15, 0.2) is 56.2 Å². The Kier molecular flexibility index (Phi) is 8.40. The Morgan fingerprint density at radius 1 is 0.750 bits per heavy atom. The molecule has 40 heavy (non-hydrogen) atoms. The number of nitrogens with zero attached hydrogens (tertiary/aromatic N) is 6. The molecular formula is C22H24N8O4S6. The van der Waals surface area contributed by atoms with Crippen LogP contribution in [0.4, 0.5) is 10.3 Å². The highest BCUT2D eigenvalue weighted by Crippen LogP contribution is 2.32. The predicted molar refractivity (Wildman–Crippen MR) is 166 cm³/mol. The minimum absolute atomic E-state index is 0.0470. The average Bonchev–Trinajstić information content (AvgIpc) is 3.51. The minimum Gasteiger partial charge on any atom is -0.348 e. The first-order valence-corrected chi connectivity index (χ1v) is 18.7. The van der Waals surface area contributed by atoms with Crippen molar-refractivity contribution < 1.29 is 16.8 Å². The minimum atomic E-state index is -3.79. The number of rotatable bonds is 4. The number of hydrogen-bond acceptors (Lipinski definition) is 12. The normalized spacial score (nSPS) is 15.9. The summed E-state index contributed by atoms with van der Waals surface area (Å²) in [4.78, 5) is 23.0. The third-order valence-corrected chi connectivity index (χ3v) is 11.0. The van der Waals surface area contributed by atoms with Gasteiger partial charge in [0.2, 0.25) is 30.3 Å². The van der Waals surface area contributed by atoms with E-state index in [0.29, 0.717) is 30.7 Å². The first-order valence-electron chi connectivity index (χ1n) is 11.6. The number of sulfonamides is 2. The second-order valence-corrected chi connectivity index (χ2v) is 15.2. The van der Waals surface area contributed by atoms with Crippen LogP contribution in [0.5, 0.6) is 0 Å². The van der Waals surface area contributed by atoms with E-state index in [2.05, 4.69) is 19.8 Å². The zero-order valence-corrected chi connectivity index (χ0v) is 26.1. The van der Waals surface area contributed by atoms with E-state index < -0.39 is 20.0 Å². The van der Waals surface area contributed by atoms with Crippen LogP contribution in [-0.2, 0) is 20.0 Å². The summed E-state index contributed by atoms with van der Waals surface area (Å²) in [6.45, 7) is 2.88. The molecule has 4 N–H and O–H groups in total. The van der Waals surface area contributed by atoms with Gasteiger partial charge in [0, 0.05) is 26.2 Å². The number of benzene rings is 2. The number of aliphatic imine (C=N–C) groups is 2. The van der Waals surface area contributed by atoms with Crippen LogP contribution < -0.4 is 10.3 Å². The summed E-state index contributed by atoms with van der Waals surface area (Å²) >= 11 is 5.67. The van der Waals surface area contributed by atoms with Crippen molar-refractivity contribution >= 4 is 107 Å². The molecule has 2 aromatic carbocycles. The highest BCUT2D eigenvalue weighted by Gasteiger charge is 2.23. The van der Waals surface area contributed by atoms with Gasteiger partial charge in [0.05, 0.1) is 30.2 Å². The molecule has 0 radical (unpaired) electrons. The van der Waals surface area contributed by atoms with Gasteiger partial charge >= 0.3 is 0 Å². The number of piperazine rings is 1. The second-order valence-electron chi connectivity index (χ2n) is 8.51. The molecule has 0 atom stereocenters. The van der Waals surface area contributed by atoms with Crippen LogP contribution in [0.3, 0.4) is 0 Å². The van der Waals surface area contributed by atoms with Crippen LogP contribution in [0.25, 0.3) is 20.4 Å². The summed E-state index contributed by atoms with van der Waals surface area (Å²) in [7, 11) is -7.59. The van der Waals surface area contributed by atoms with Crippen LogP contribution in [0.2, 0.25) is 0 Å². The number of nitrogens with two attached hydrogens (primary N) is 2. The van der Waals surface area contributed by atoms with Crippen molar-refractivity contribution in [1.82, 2.24) is 19.8 Å². The van der Waals surface area contributed by atoms with Gasteiger partial charge in [-0.1, -0.05) is 46.2 Å². The lowest BCUT2D eigenvalue weighted by atomic mass is 10.3. The molecule has 0 saturated carbocycles. The molecule has 0 bridgehead atoms. The largest absolute Gasteiger partial charge is 0.348 e. The molecule has 1 fully saturated rings. The average molecular weight is 657 g/mol. The van der Waals surface area contributed by atoms with Crippen molar-refractivity contribution in [2.75, 3.05) is 38.7 Å². The Balaban J connectivity index is 1.30. The molecule has 0 aliphatic carbocycles. The van der Waals surface area contributed by atoms with Crippen molar-refractivity contribution in [1.29, 1.82) is 0 Å². The molecule has 12 nitrogen and oxygen atoms in total. The van der Waals surface area contributed by atoms with E-state index in [9.17, 15) is 16.8 Å². The van der Waals surface area contributed by atoms with Crippen molar-refractivity contribution in [3.63, 3.8) is 0 Å². The van der Waals surface area contributed by atoms with E-state index in [0.717, 1.165) is 36.5 Å². The molecule has 3 heterocycles. The lowest BCUT2D eigenvalue weighted by Crippen LogP contribution is -2.49. The zero-order chi connectivity index (χ0) is 28.7. The molecule has 1 aliphatic rings. The van der Waals surface area contributed by atoms with E-state index in [4.69, 9.17) is 20.3 Å². The molecule has 18 heteroatoms. The number of thioether (sulfide) groups is 2. The van der Waals surface area contributed by atoms with Crippen LogP contribution in [0.1, 0.15) is 0 Å². The molecule has 4 aromatic rings. The monoisotopic (exact) mass is 656 g/mol. The van der Waals surface area contributed by atoms with Gasteiger partial charge in [0.1, 0.15) is 0 Å². The molecule has 1 saturated heterocycles. The summed E-state index contributed by atoms with van der Waals surface area (Å²) in [5.41, 5.74) is 1.33. The molecule has 5 rings (SSSR count). The highest BCUT2D eigenvalue weighted by atomic mass is 32.2. The zero-order valence-electron chi connectivity index (χ0n) is 21.2. The van der Waals surface area contributed by atoms with Crippen molar-refractivity contribution in [2.24, 2.45) is 20.3 Å². The van der Waals surface area contributed by atoms with Gasteiger partial charge in [-0.3, -0.25) is 0 Å². The molecule has 0 unspecified atom stereocenters. The SMILES string of the molecule is CSC(=Nc1nc2ccc(S(N)(=O)=O)cc2s1)N1CCN(C(=Nc2nc3ccc(S(N)(=O)=O)cc3s2)SC)CC1. The maximum absolute atomic E-state index is 11.7. The summed E-state index contributed by atoms with van der Waals surface area (Å²) in [5, 5.41) is 13.2. The lowest BCUT2D eigenvalue weighted by Gasteiger charge is -2.36. The van der Waals surface area contributed by atoms with Gasteiger partial charge in [-0.05, 0) is 48.9 Å². The Morgan fingerprint density at radius 2 is 1.12 bits per heavy atom. The quantitative estimate of drug-likeness (QED) is 0.245. The van der Waals surface area contributed by atoms with E-state index in [-0.39, 0.29) is 9.79 Å². The van der Waals surface area contributed by atoms with Gasteiger partial charge in [-0.15, -0.1) is 0 Å². The van der Waals surface area contributed by atoms with E-state index in [1.807, 2.05) is 12.5 Å². The third-order valence-electron chi connectivity index (χ3n) is 5.92. The first kappa shape index (κ1) is 29.2. The van der Waals surface area contributed by atoms with E-state index >= 15 is 0 Å². The fourth-order valence-electron chi connectivity index (χ4n) is 3.98. The van der Waals surface area contributed by atoms with Crippen molar-refractivity contribution in [2.45, 2.75) is 9.79 Å². The first-order chi connectivity index (χ1) is 18.9. The van der Waals surface area contributed by atoms with Crippen LogP contribution >= 0.6 is 46.2 Å². The Labute approximate surface area is 247 Å². The third kappa shape index (κ3) is 6.43. The molecule has 212 valence electrons. The summed E-state index contributed by atoms with van der Waals surface area (Å²) in [5.74, 6) is 0. The Hall–Kier alpha value is -2.32. The number of thiazole rings is 2. The summed E-state index contributed by atoms with van der Waals surface area (Å²) < 4.78 is 48.1. The van der Waals surface area contributed by atoms with Crippen LogP contribution in [0, 0.1) is 0 Å². The molecular weight excluding hydrogens is 633 g/mol. The number of primary sulfonamides is 2. The van der Waals surface area contributed by atoms with Crippen molar-refractivity contribution in [3.05, 3.63) is 36.4 Å². The summed E-state index contributed by atoms with van der Waals surface area (Å²) in [6, 6.07) is 9.20.